The van der Waals surface area contributed by atoms with E-state index in [1.165, 1.54) is 19.1 Å². The second kappa shape index (κ2) is 14.1. The third-order valence-corrected chi connectivity index (χ3v) is 3.13. The number of methoxy groups -OCH3 is 1. The molecule has 0 radical (unpaired) electrons. The molecular weight excluding hydrogens is 354 g/mol. The fourth-order valence-corrected chi connectivity index (χ4v) is 1.89. The van der Waals surface area contributed by atoms with Gasteiger partial charge in [0.25, 0.3) is 0 Å². The minimum Gasteiger partial charge on any atom is -0.467 e. The van der Waals surface area contributed by atoms with Crippen LogP contribution in [0, 0.1) is 0 Å². The van der Waals surface area contributed by atoms with Gasteiger partial charge in [0.05, 0.1) is 13.7 Å². The number of ether oxygens (including phenoxy) is 2. The lowest BCUT2D eigenvalue weighted by Crippen LogP contribution is -2.48. The second-order valence-electron chi connectivity index (χ2n) is 4.92. The number of likely N-dealkylation sites (N-methyl/N-ethyl adjacent to an activating group) is 1. The first-order valence-corrected chi connectivity index (χ1v) is 7.62. The molecule has 0 aliphatic heterocycles. The third kappa shape index (κ3) is 11.0. The zero-order chi connectivity index (χ0) is 18.5. The topological polar surface area (TPSA) is 149 Å². The van der Waals surface area contributed by atoms with Crippen LogP contribution < -0.4 is 16.8 Å². The van der Waals surface area contributed by atoms with E-state index in [0.717, 1.165) is 0 Å². The Balaban J connectivity index is 0. The van der Waals surface area contributed by atoms with Gasteiger partial charge in [-0.2, -0.15) is 0 Å². The van der Waals surface area contributed by atoms with Crippen molar-refractivity contribution in [3.8, 4) is 0 Å². The smallest absolute Gasteiger partial charge is 0.328 e. The first-order valence-electron chi connectivity index (χ1n) is 7.62. The van der Waals surface area contributed by atoms with Gasteiger partial charge in [0, 0.05) is 13.6 Å². The van der Waals surface area contributed by atoms with E-state index in [-0.39, 0.29) is 31.5 Å². The maximum absolute atomic E-state index is 12.0. The molecule has 0 heterocycles. The van der Waals surface area contributed by atoms with Crippen LogP contribution in [0.2, 0.25) is 0 Å². The lowest BCUT2D eigenvalue weighted by atomic mass is 10.1. The van der Waals surface area contributed by atoms with Crippen LogP contribution in [0.15, 0.2) is 4.99 Å². The van der Waals surface area contributed by atoms with Gasteiger partial charge >= 0.3 is 18.0 Å². The van der Waals surface area contributed by atoms with Crippen LogP contribution in [0.1, 0.15) is 26.2 Å². The molecule has 0 aliphatic carbocycles. The number of hydrogen-bond acceptors (Lipinski definition) is 6. The molecule has 0 rings (SSSR count). The Morgan fingerprint density at radius 1 is 1.24 bits per heavy atom. The second-order valence-corrected chi connectivity index (χ2v) is 4.92. The maximum Gasteiger partial charge on any atom is 0.328 e. The van der Waals surface area contributed by atoms with Crippen molar-refractivity contribution in [2.24, 2.45) is 16.5 Å². The number of carbonyl (C=O) groups excluding carboxylic acids is 3. The van der Waals surface area contributed by atoms with E-state index >= 15 is 0 Å². The molecule has 1 atom stereocenters. The number of nitrogens with one attached hydrogen (secondary N) is 1. The predicted molar refractivity (Wildman–Crippen MR) is 95.4 cm³/mol. The van der Waals surface area contributed by atoms with E-state index < -0.39 is 24.0 Å². The number of amides is 2. The van der Waals surface area contributed by atoms with Crippen LogP contribution >= 0.6 is 12.4 Å². The highest BCUT2D eigenvalue weighted by molar-refractivity contribution is 5.86. The summed E-state index contributed by atoms with van der Waals surface area (Å²) in [4.78, 5) is 40.2. The minimum absolute atomic E-state index is 0. The highest BCUT2D eigenvalue weighted by atomic mass is 35.5. The number of urea groups is 1. The quantitative estimate of drug-likeness (QED) is 0.201. The molecular formula is C14H28ClN5O5. The normalized spacial score (nSPS) is 10.7. The van der Waals surface area contributed by atoms with E-state index in [1.54, 1.807) is 6.92 Å². The van der Waals surface area contributed by atoms with Crippen molar-refractivity contribution >= 4 is 36.3 Å². The number of rotatable bonds is 10. The Morgan fingerprint density at radius 3 is 2.40 bits per heavy atom. The number of guanidine groups is 1. The molecule has 0 fully saturated rings. The van der Waals surface area contributed by atoms with Crippen LogP contribution in [0.3, 0.4) is 0 Å². The van der Waals surface area contributed by atoms with Crippen molar-refractivity contribution in [2.45, 2.75) is 32.2 Å². The molecule has 0 aromatic carbocycles. The third-order valence-electron chi connectivity index (χ3n) is 3.13. The summed E-state index contributed by atoms with van der Waals surface area (Å²) in [5, 5.41) is 2.39. The van der Waals surface area contributed by atoms with Gasteiger partial charge in [-0.05, 0) is 26.2 Å². The number of nitrogens with zero attached hydrogens (tertiary/aromatic N) is 2. The van der Waals surface area contributed by atoms with Crippen molar-refractivity contribution < 1.29 is 23.9 Å². The largest absolute Gasteiger partial charge is 0.467 e. The lowest BCUT2D eigenvalue weighted by Gasteiger charge is -2.26. The number of unbranched alkanes of at least 4 members (excludes halogenated alkanes) is 1. The molecule has 0 aromatic heterocycles. The van der Waals surface area contributed by atoms with Crippen molar-refractivity contribution in [3.05, 3.63) is 0 Å². The Kier molecular flexibility index (Phi) is 14.2. The maximum atomic E-state index is 12.0. The summed E-state index contributed by atoms with van der Waals surface area (Å²) in [5.74, 6) is -1.08. The van der Waals surface area contributed by atoms with Crippen LogP contribution in [-0.2, 0) is 19.1 Å². The van der Waals surface area contributed by atoms with Crippen molar-refractivity contribution in [1.29, 1.82) is 0 Å². The van der Waals surface area contributed by atoms with Gasteiger partial charge in [-0.15, -0.1) is 12.4 Å². The molecule has 0 spiro atoms. The Labute approximate surface area is 153 Å². The van der Waals surface area contributed by atoms with Crippen molar-refractivity contribution in [3.63, 3.8) is 0 Å². The lowest BCUT2D eigenvalue weighted by molar-refractivity contribution is -0.145. The van der Waals surface area contributed by atoms with Gasteiger partial charge in [-0.3, -0.25) is 9.79 Å². The summed E-state index contributed by atoms with van der Waals surface area (Å²) in [5.41, 5.74) is 10.5. The van der Waals surface area contributed by atoms with Crippen LogP contribution in [0.25, 0.3) is 0 Å². The monoisotopic (exact) mass is 381 g/mol. The first kappa shape index (κ1) is 25.0. The number of nitrogens with two attached hydrogens (primary N) is 2. The summed E-state index contributed by atoms with van der Waals surface area (Å²) in [6, 6.07) is -1.33. The van der Waals surface area contributed by atoms with E-state index in [4.69, 9.17) is 20.9 Å². The zero-order valence-electron chi connectivity index (χ0n) is 14.8. The van der Waals surface area contributed by atoms with Crippen LogP contribution in [-0.4, -0.2) is 68.7 Å². The molecule has 0 saturated carbocycles. The number of halogens is 1. The standard InChI is InChI=1S/C14H27N5O5.ClH/c1-4-24-11(20)9-18-14(22)19(2)10(12(21)23-3)7-5-6-8-17-13(15)16;/h10H,4-9H2,1-3H3,(H,18,22)(H4,15,16,17);1H. The Morgan fingerprint density at radius 2 is 1.88 bits per heavy atom. The van der Waals surface area contributed by atoms with Gasteiger partial charge in [0.1, 0.15) is 12.6 Å². The molecule has 0 bridgehead atoms. The molecule has 5 N–H and O–H groups in total. The first-order chi connectivity index (χ1) is 11.3. The average Bonchev–Trinajstić information content (AvgIpc) is 2.54. The summed E-state index contributed by atoms with van der Waals surface area (Å²) in [6.07, 6.45) is 1.66. The van der Waals surface area contributed by atoms with E-state index in [9.17, 15) is 14.4 Å². The predicted octanol–water partition coefficient (Wildman–Crippen LogP) is -0.402. The van der Waals surface area contributed by atoms with Crippen LogP contribution in [0.5, 0.6) is 0 Å². The van der Waals surface area contributed by atoms with E-state index in [2.05, 4.69) is 10.3 Å². The number of hydrogen-bond donors (Lipinski definition) is 3. The fraction of sp³-hybridized carbons (Fsp3) is 0.714. The van der Waals surface area contributed by atoms with Crippen LogP contribution in [0.4, 0.5) is 4.79 Å². The fourth-order valence-electron chi connectivity index (χ4n) is 1.89. The van der Waals surface area contributed by atoms with Crippen molar-refractivity contribution in [2.75, 3.05) is 33.9 Å². The molecule has 146 valence electrons. The Hall–Kier alpha value is -2.23. The highest BCUT2D eigenvalue weighted by Gasteiger charge is 2.27. The number of esters is 2. The molecule has 0 aliphatic rings. The molecule has 10 nitrogen and oxygen atoms in total. The molecule has 11 heteroatoms. The van der Waals surface area contributed by atoms with Gasteiger partial charge in [0.15, 0.2) is 5.96 Å². The van der Waals surface area contributed by atoms with Gasteiger partial charge < -0.3 is 31.2 Å². The Bertz CT molecular complexity index is 457. The summed E-state index contributed by atoms with van der Waals surface area (Å²) in [7, 11) is 2.71. The number of carbonyl (C=O) groups is 3. The summed E-state index contributed by atoms with van der Waals surface area (Å²) >= 11 is 0. The molecule has 2 amide bonds. The van der Waals surface area contributed by atoms with Gasteiger partial charge in [-0.1, -0.05) is 0 Å². The molecule has 0 aromatic rings. The van der Waals surface area contributed by atoms with Crippen molar-refractivity contribution in [1.82, 2.24) is 10.2 Å². The SMILES string of the molecule is CCOC(=O)CNC(=O)N(C)C(CCCCN=C(N)N)C(=O)OC.Cl. The van der Waals surface area contributed by atoms with Gasteiger partial charge in [0.2, 0.25) is 0 Å². The molecule has 0 saturated heterocycles. The average molecular weight is 382 g/mol. The minimum atomic E-state index is -0.767. The van der Waals surface area contributed by atoms with Gasteiger partial charge in [-0.25, -0.2) is 9.59 Å². The summed E-state index contributed by atoms with van der Waals surface area (Å²) in [6.45, 7) is 2.07. The summed E-state index contributed by atoms with van der Waals surface area (Å²) < 4.78 is 9.44. The molecule has 25 heavy (non-hydrogen) atoms. The number of aliphatic imine (C=N–C) groups is 1. The van der Waals surface area contributed by atoms with E-state index in [1.807, 2.05) is 0 Å². The highest BCUT2D eigenvalue weighted by Crippen LogP contribution is 2.10. The zero-order valence-corrected chi connectivity index (χ0v) is 15.6. The van der Waals surface area contributed by atoms with E-state index in [0.29, 0.717) is 25.8 Å². The molecule has 1 unspecified atom stereocenters.